The highest BCUT2D eigenvalue weighted by atomic mass is 32.2. The Kier molecular flexibility index (Phi) is 4.92. The fourth-order valence-electron chi connectivity index (χ4n) is 2.11. The van der Waals surface area contributed by atoms with Crippen molar-refractivity contribution in [3.05, 3.63) is 58.1 Å². The normalized spacial score (nSPS) is 11.0. The van der Waals surface area contributed by atoms with Crippen molar-refractivity contribution < 1.29 is 4.52 Å². The quantitative estimate of drug-likeness (QED) is 0.667. The molecule has 2 aromatic heterocycles. The lowest BCUT2D eigenvalue weighted by molar-refractivity contribution is 0.385. The molecule has 0 aliphatic carbocycles. The van der Waals surface area contributed by atoms with Crippen LogP contribution < -0.4 is 5.69 Å². The van der Waals surface area contributed by atoms with Crippen molar-refractivity contribution in [1.82, 2.24) is 24.9 Å². The molecule has 0 atom stereocenters. The SMILES string of the molecule is CCc1noc(CSc2n[nH]c(=O)n2CCc2ccccc2)n1. The van der Waals surface area contributed by atoms with Crippen LogP contribution >= 0.6 is 11.8 Å². The van der Waals surface area contributed by atoms with Gasteiger partial charge in [0.25, 0.3) is 0 Å². The summed E-state index contributed by atoms with van der Waals surface area (Å²) in [5.41, 5.74) is 0.976. The summed E-state index contributed by atoms with van der Waals surface area (Å²) in [7, 11) is 0. The van der Waals surface area contributed by atoms with Crippen molar-refractivity contribution in [2.75, 3.05) is 0 Å². The van der Waals surface area contributed by atoms with E-state index in [1.165, 1.54) is 17.3 Å². The fourth-order valence-corrected chi connectivity index (χ4v) is 2.92. The minimum Gasteiger partial charge on any atom is -0.338 e. The van der Waals surface area contributed by atoms with Crippen molar-refractivity contribution in [2.45, 2.75) is 37.2 Å². The van der Waals surface area contributed by atoms with E-state index in [-0.39, 0.29) is 5.69 Å². The molecule has 2 heterocycles. The largest absolute Gasteiger partial charge is 0.343 e. The van der Waals surface area contributed by atoms with Crippen LogP contribution in [-0.2, 0) is 25.1 Å². The Labute approximate surface area is 137 Å². The summed E-state index contributed by atoms with van der Waals surface area (Å²) in [6, 6.07) is 10.0. The van der Waals surface area contributed by atoms with E-state index in [4.69, 9.17) is 4.52 Å². The Hall–Kier alpha value is -2.35. The van der Waals surface area contributed by atoms with Gasteiger partial charge in [-0.2, -0.15) is 4.98 Å². The molecule has 7 nitrogen and oxygen atoms in total. The monoisotopic (exact) mass is 331 g/mol. The molecule has 3 rings (SSSR count). The number of benzene rings is 1. The van der Waals surface area contributed by atoms with Gasteiger partial charge in [0, 0.05) is 13.0 Å². The molecule has 0 spiro atoms. The number of thioether (sulfide) groups is 1. The number of rotatable bonds is 7. The number of aromatic amines is 1. The predicted molar refractivity (Wildman–Crippen MR) is 86.2 cm³/mol. The molecular formula is C15H17N5O2S. The number of hydrogen-bond donors (Lipinski definition) is 1. The van der Waals surface area contributed by atoms with E-state index in [0.29, 0.717) is 29.2 Å². The smallest absolute Gasteiger partial charge is 0.338 e. The number of aryl methyl sites for hydroxylation is 2. The predicted octanol–water partition coefficient (Wildman–Crippen LogP) is 2.05. The third kappa shape index (κ3) is 3.89. The van der Waals surface area contributed by atoms with Crippen molar-refractivity contribution in [3.63, 3.8) is 0 Å². The molecule has 0 radical (unpaired) electrons. The molecule has 0 amide bonds. The molecular weight excluding hydrogens is 314 g/mol. The van der Waals surface area contributed by atoms with Gasteiger partial charge in [0.15, 0.2) is 11.0 Å². The summed E-state index contributed by atoms with van der Waals surface area (Å²) in [4.78, 5) is 16.2. The van der Waals surface area contributed by atoms with E-state index < -0.39 is 0 Å². The third-order valence-corrected chi connectivity index (χ3v) is 4.30. The van der Waals surface area contributed by atoms with Crippen LogP contribution in [-0.4, -0.2) is 24.9 Å². The van der Waals surface area contributed by atoms with E-state index in [9.17, 15) is 4.79 Å². The average molecular weight is 331 g/mol. The second kappa shape index (κ2) is 7.28. The molecule has 120 valence electrons. The fraction of sp³-hybridized carbons (Fsp3) is 0.333. The van der Waals surface area contributed by atoms with Gasteiger partial charge in [-0.1, -0.05) is 54.2 Å². The Balaban J connectivity index is 1.65. The van der Waals surface area contributed by atoms with Crippen LogP contribution in [0.4, 0.5) is 0 Å². The summed E-state index contributed by atoms with van der Waals surface area (Å²) in [6.07, 6.45) is 1.51. The molecule has 0 unspecified atom stereocenters. The van der Waals surface area contributed by atoms with Gasteiger partial charge in [-0.15, -0.1) is 5.10 Å². The number of aromatic nitrogens is 5. The number of hydrogen-bond acceptors (Lipinski definition) is 6. The van der Waals surface area contributed by atoms with Crippen molar-refractivity contribution in [3.8, 4) is 0 Å². The van der Waals surface area contributed by atoms with Gasteiger partial charge in [0.05, 0.1) is 5.75 Å². The molecule has 0 saturated carbocycles. The molecule has 23 heavy (non-hydrogen) atoms. The highest BCUT2D eigenvalue weighted by Gasteiger charge is 2.12. The first-order valence-electron chi connectivity index (χ1n) is 7.39. The van der Waals surface area contributed by atoms with Crippen LogP contribution in [0, 0.1) is 0 Å². The summed E-state index contributed by atoms with van der Waals surface area (Å²) in [6.45, 7) is 2.54. The van der Waals surface area contributed by atoms with Crippen LogP contribution in [0.25, 0.3) is 0 Å². The molecule has 0 bridgehead atoms. The lowest BCUT2D eigenvalue weighted by Crippen LogP contribution is -2.18. The molecule has 0 saturated heterocycles. The summed E-state index contributed by atoms with van der Waals surface area (Å²) in [5, 5.41) is 11.0. The minimum absolute atomic E-state index is 0.205. The van der Waals surface area contributed by atoms with Crippen molar-refractivity contribution in [1.29, 1.82) is 0 Å². The van der Waals surface area contributed by atoms with Gasteiger partial charge < -0.3 is 4.52 Å². The number of H-pyrrole nitrogens is 1. The number of nitrogens with zero attached hydrogens (tertiary/aromatic N) is 4. The van der Waals surface area contributed by atoms with Gasteiger partial charge in [0.1, 0.15) is 0 Å². The standard InChI is InChI=1S/C15H17N5O2S/c1-2-12-16-13(22-19-12)10-23-15-18-17-14(21)20(15)9-8-11-6-4-3-5-7-11/h3-7H,2,8-10H2,1H3,(H,17,21). The summed E-state index contributed by atoms with van der Waals surface area (Å²) < 4.78 is 6.78. The van der Waals surface area contributed by atoms with Crippen LogP contribution in [0.1, 0.15) is 24.2 Å². The summed E-state index contributed by atoms with van der Waals surface area (Å²) >= 11 is 1.40. The van der Waals surface area contributed by atoms with Gasteiger partial charge in [-0.05, 0) is 12.0 Å². The zero-order chi connectivity index (χ0) is 16.1. The molecule has 1 N–H and O–H groups in total. The minimum atomic E-state index is -0.205. The highest BCUT2D eigenvalue weighted by molar-refractivity contribution is 7.98. The Morgan fingerprint density at radius 1 is 1.30 bits per heavy atom. The van der Waals surface area contributed by atoms with Gasteiger partial charge in [-0.3, -0.25) is 4.57 Å². The van der Waals surface area contributed by atoms with Crippen LogP contribution in [0.3, 0.4) is 0 Å². The van der Waals surface area contributed by atoms with Gasteiger partial charge >= 0.3 is 5.69 Å². The molecule has 3 aromatic rings. The Bertz CT molecular complexity index is 809. The van der Waals surface area contributed by atoms with E-state index in [0.717, 1.165) is 12.8 Å². The molecule has 0 aliphatic rings. The average Bonchev–Trinajstić information content (AvgIpc) is 3.18. The second-order valence-electron chi connectivity index (χ2n) is 4.95. The van der Waals surface area contributed by atoms with Crippen LogP contribution in [0.5, 0.6) is 0 Å². The Morgan fingerprint density at radius 2 is 2.13 bits per heavy atom. The van der Waals surface area contributed by atoms with Gasteiger partial charge in [-0.25, -0.2) is 9.89 Å². The van der Waals surface area contributed by atoms with Gasteiger partial charge in [0.2, 0.25) is 5.89 Å². The van der Waals surface area contributed by atoms with Crippen LogP contribution in [0.2, 0.25) is 0 Å². The maximum atomic E-state index is 11.9. The third-order valence-electron chi connectivity index (χ3n) is 3.34. The zero-order valence-corrected chi connectivity index (χ0v) is 13.5. The molecule has 0 fully saturated rings. The summed E-state index contributed by atoms with van der Waals surface area (Å²) in [5.74, 6) is 1.71. The van der Waals surface area contributed by atoms with E-state index in [1.54, 1.807) is 4.57 Å². The van der Waals surface area contributed by atoms with Crippen LogP contribution in [0.15, 0.2) is 44.8 Å². The molecule has 0 aliphatic heterocycles. The second-order valence-corrected chi connectivity index (χ2v) is 5.89. The Morgan fingerprint density at radius 3 is 2.87 bits per heavy atom. The lowest BCUT2D eigenvalue weighted by Gasteiger charge is -2.04. The topological polar surface area (TPSA) is 89.6 Å². The van der Waals surface area contributed by atoms with E-state index in [2.05, 4.69) is 20.3 Å². The molecule has 1 aromatic carbocycles. The lowest BCUT2D eigenvalue weighted by atomic mass is 10.1. The number of nitrogens with one attached hydrogen (secondary N) is 1. The maximum Gasteiger partial charge on any atom is 0.343 e. The first-order valence-corrected chi connectivity index (χ1v) is 8.38. The van der Waals surface area contributed by atoms with Crippen molar-refractivity contribution >= 4 is 11.8 Å². The zero-order valence-electron chi connectivity index (χ0n) is 12.7. The van der Waals surface area contributed by atoms with Crippen molar-refractivity contribution in [2.24, 2.45) is 0 Å². The molecule has 8 heteroatoms. The maximum absolute atomic E-state index is 11.9. The van der Waals surface area contributed by atoms with E-state index in [1.807, 2.05) is 37.3 Å². The first-order chi connectivity index (χ1) is 11.3. The first kappa shape index (κ1) is 15.5. The van der Waals surface area contributed by atoms with E-state index >= 15 is 0 Å². The highest BCUT2D eigenvalue weighted by Crippen LogP contribution is 2.19.